The highest BCUT2D eigenvalue weighted by atomic mass is 16.5. The number of fused-ring (bicyclic) bond motifs is 6. The molecule has 0 radical (unpaired) electrons. The topological polar surface area (TPSA) is 76.6 Å². The summed E-state index contributed by atoms with van der Waals surface area (Å²) in [5.41, 5.74) is 3.17. The predicted octanol–water partition coefficient (Wildman–Crippen LogP) is 1.77. The predicted molar refractivity (Wildman–Crippen MR) is 98.3 cm³/mol. The molecule has 6 rings (SSSR count). The lowest BCUT2D eigenvalue weighted by molar-refractivity contribution is 0.118. The highest BCUT2D eigenvalue weighted by Gasteiger charge is 2.39. The number of hydrazine groups is 1. The molecule has 0 aliphatic carbocycles. The van der Waals surface area contributed by atoms with E-state index in [0.717, 1.165) is 35.8 Å². The summed E-state index contributed by atoms with van der Waals surface area (Å²) < 4.78 is 7.74. The second-order valence-corrected chi connectivity index (χ2v) is 7.02. The summed E-state index contributed by atoms with van der Waals surface area (Å²) in [7, 11) is 0. The quantitative estimate of drug-likeness (QED) is 0.692. The number of benzene rings is 1. The highest BCUT2D eigenvalue weighted by Crippen LogP contribution is 2.41. The smallest absolute Gasteiger partial charge is 0.173 e. The van der Waals surface area contributed by atoms with Crippen LogP contribution in [0.25, 0.3) is 5.69 Å². The second-order valence-electron chi connectivity index (χ2n) is 7.02. The average molecular weight is 362 g/mol. The molecule has 1 fully saturated rings. The van der Waals surface area contributed by atoms with E-state index in [-0.39, 0.29) is 18.2 Å². The molecule has 0 N–H and O–H groups in total. The Morgan fingerprint density at radius 2 is 2.15 bits per heavy atom. The van der Waals surface area contributed by atoms with Crippen molar-refractivity contribution in [3.8, 4) is 5.69 Å². The molecule has 9 heteroatoms. The zero-order valence-corrected chi connectivity index (χ0v) is 14.8. The third-order valence-electron chi connectivity index (χ3n) is 5.56. The van der Waals surface area contributed by atoms with Crippen LogP contribution >= 0.6 is 0 Å². The Bertz CT molecular complexity index is 1040. The van der Waals surface area contributed by atoms with Gasteiger partial charge in [-0.2, -0.15) is 5.12 Å². The van der Waals surface area contributed by atoms with Crippen molar-refractivity contribution in [2.75, 3.05) is 16.7 Å². The van der Waals surface area contributed by atoms with E-state index in [0.29, 0.717) is 0 Å². The molecule has 3 aromatic rings. The van der Waals surface area contributed by atoms with Crippen LogP contribution in [0.4, 0.5) is 5.82 Å². The number of rotatable bonds is 2. The van der Waals surface area contributed by atoms with E-state index >= 15 is 0 Å². The first-order valence-corrected chi connectivity index (χ1v) is 9.09. The number of imidazole rings is 1. The number of aliphatic imine (C=N–C) groups is 1. The number of hydrogen-bond acceptors (Lipinski definition) is 7. The maximum Gasteiger partial charge on any atom is 0.173 e. The first-order chi connectivity index (χ1) is 13.3. The lowest BCUT2D eigenvalue weighted by Crippen LogP contribution is -2.49. The number of anilines is 1. The largest absolute Gasteiger partial charge is 0.378 e. The van der Waals surface area contributed by atoms with Crippen molar-refractivity contribution >= 4 is 12.2 Å². The average Bonchev–Trinajstić information content (AvgIpc) is 3.46. The number of hydrogen-bond donors (Lipinski definition) is 0. The second kappa shape index (κ2) is 5.40. The van der Waals surface area contributed by atoms with Gasteiger partial charge in [0.1, 0.15) is 12.7 Å². The summed E-state index contributed by atoms with van der Waals surface area (Å²) in [6.07, 6.45) is 8.41. The summed E-state index contributed by atoms with van der Waals surface area (Å²) in [5, 5.41) is 12.7. The van der Waals surface area contributed by atoms with E-state index in [9.17, 15) is 0 Å². The normalized spacial score (nSPS) is 25.6. The summed E-state index contributed by atoms with van der Waals surface area (Å²) >= 11 is 0. The fourth-order valence-electron chi connectivity index (χ4n) is 4.17. The minimum Gasteiger partial charge on any atom is -0.378 e. The number of para-hydroxylation sites is 1. The Hall–Kier alpha value is -3.20. The molecule has 0 spiro atoms. The third kappa shape index (κ3) is 2.02. The molecule has 3 atom stereocenters. The minimum atomic E-state index is -0.146. The van der Waals surface area contributed by atoms with Crippen LogP contribution in [0.15, 0.2) is 48.0 Å². The van der Waals surface area contributed by atoms with Gasteiger partial charge < -0.3 is 4.74 Å². The maximum absolute atomic E-state index is 5.68. The van der Waals surface area contributed by atoms with Gasteiger partial charge in [-0.15, -0.1) is 9.89 Å². The van der Waals surface area contributed by atoms with E-state index in [1.54, 1.807) is 11.1 Å². The molecule has 0 saturated carbocycles. The van der Waals surface area contributed by atoms with Crippen LogP contribution in [-0.4, -0.2) is 43.7 Å². The Balaban J connectivity index is 1.40. The van der Waals surface area contributed by atoms with Gasteiger partial charge in [0.2, 0.25) is 0 Å². The molecule has 1 saturated heterocycles. The van der Waals surface area contributed by atoms with Gasteiger partial charge in [0.05, 0.1) is 29.9 Å². The highest BCUT2D eigenvalue weighted by molar-refractivity contribution is 5.78. The number of aromatic nitrogens is 5. The lowest BCUT2D eigenvalue weighted by atomic mass is 10.00. The van der Waals surface area contributed by atoms with Crippen LogP contribution in [0.3, 0.4) is 0 Å². The fraction of sp³-hybridized carbons (Fsp3) is 0.333. The van der Waals surface area contributed by atoms with E-state index in [1.807, 2.05) is 36.0 Å². The monoisotopic (exact) mass is 362 g/mol. The molecule has 0 amide bonds. The Kier molecular flexibility index (Phi) is 2.98. The third-order valence-corrected chi connectivity index (χ3v) is 5.56. The molecule has 3 aliphatic rings. The van der Waals surface area contributed by atoms with Crippen molar-refractivity contribution in [1.82, 2.24) is 24.7 Å². The number of ether oxygens (including phenoxy) is 1. The van der Waals surface area contributed by atoms with Crippen molar-refractivity contribution in [3.63, 3.8) is 0 Å². The molecule has 5 heterocycles. The van der Waals surface area contributed by atoms with Gasteiger partial charge in [-0.05, 0) is 24.6 Å². The lowest BCUT2D eigenvalue weighted by Gasteiger charge is -2.36. The van der Waals surface area contributed by atoms with Gasteiger partial charge in [0.15, 0.2) is 12.0 Å². The zero-order chi connectivity index (χ0) is 18.0. The van der Waals surface area contributed by atoms with E-state index < -0.39 is 0 Å². The first-order valence-electron chi connectivity index (χ1n) is 9.09. The molecule has 1 aromatic carbocycles. The fourth-order valence-corrected chi connectivity index (χ4v) is 4.17. The molecule has 0 bridgehead atoms. The van der Waals surface area contributed by atoms with Crippen LogP contribution in [0, 0.1) is 0 Å². The van der Waals surface area contributed by atoms with Crippen LogP contribution in [0.1, 0.15) is 36.7 Å². The summed E-state index contributed by atoms with van der Waals surface area (Å²) in [6.45, 7) is 2.86. The van der Waals surface area contributed by atoms with Gasteiger partial charge in [0, 0.05) is 18.1 Å². The summed E-state index contributed by atoms with van der Waals surface area (Å²) in [4.78, 5) is 10.8. The zero-order valence-electron chi connectivity index (χ0n) is 14.8. The van der Waals surface area contributed by atoms with Gasteiger partial charge >= 0.3 is 0 Å². The standard InChI is InChI=1S/C18H18N8O/c1-12-13(6-7-27-12)15-9-24(22-21-15)25-11-20-18-14-4-2-3-5-16(14)23-10-19-8-17(23)26(18)25/h2-5,8-13,18H,6-7H2,1H3. The van der Waals surface area contributed by atoms with Crippen molar-refractivity contribution in [2.24, 2.45) is 4.99 Å². The van der Waals surface area contributed by atoms with Crippen LogP contribution in [0.2, 0.25) is 0 Å². The first kappa shape index (κ1) is 14.9. The molecule has 3 aliphatic heterocycles. The molecular formula is C18H18N8O. The van der Waals surface area contributed by atoms with E-state index in [4.69, 9.17) is 9.73 Å². The van der Waals surface area contributed by atoms with Crippen molar-refractivity contribution in [1.29, 1.82) is 0 Å². The molecule has 2 aromatic heterocycles. The summed E-state index contributed by atoms with van der Waals surface area (Å²) in [5.74, 6) is 1.22. The number of nitrogens with zero attached hydrogens (tertiary/aromatic N) is 8. The van der Waals surface area contributed by atoms with Crippen LogP contribution in [-0.2, 0) is 4.74 Å². The molecule has 136 valence electrons. The Morgan fingerprint density at radius 3 is 3.04 bits per heavy atom. The Labute approximate surface area is 155 Å². The van der Waals surface area contributed by atoms with Crippen LogP contribution in [0.5, 0.6) is 0 Å². The SMILES string of the molecule is CC1OCCC1c1cn(N2C=NC3c4ccccc4-n4cncc4N32)nn1. The van der Waals surface area contributed by atoms with Gasteiger partial charge in [0.25, 0.3) is 0 Å². The summed E-state index contributed by atoms with van der Waals surface area (Å²) in [6, 6.07) is 8.25. The molecule has 3 unspecified atom stereocenters. The van der Waals surface area contributed by atoms with E-state index in [2.05, 4.69) is 43.9 Å². The van der Waals surface area contributed by atoms with Crippen molar-refractivity contribution in [3.05, 3.63) is 54.2 Å². The molecular weight excluding hydrogens is 344 g/mol. The maximum atomic E-state index is 5.68. The van der Waals surface area contributed by atoms with Gasteiger partial charge in [-0.3, -0.25) is 4.57 Å². The minimum absolute atomic E-state index is 0.146. The van der Waals surface area contributed by atoms with Gasteiger partial charge in [-0.1, -0.05) is 18.2 Å². The van der Waals surface area contributed by atoms with Crippen LogP contribution < -0.4 is 10.1 Å². The van der Waals surface area contributed by atoms with Crippen molar-refractivity contribution < 1.29 is 4.74 Å². The molecule has 27 heavy (non-hydrogen) atoms. The van der Waals surface area contributed by atoms with Crippen molar-refractivity contribution in [2.45, 2.75) is 31.5 Å². The van der Waals surface area contributed by atoms with Gasteiger partial charge in [-0.25, -0.2) is 15.0 Å². The Morgan fingerprint density at radius 1 is 1.22 bits per heavy atom. The molecule has 9 nitrogen and oxygen atoms in total. The van der Waals surface area contributed by atoms with E-state index in [1.165, 1.54) is 0 Å².